The summed E-state index contributed by atoms with van der Waals surface area (Å²) in [6, 6.07) is 0. The lowest BCUT2D eigenvalue weighted by atomic mass is 10.2. The highest BCUT2D eigenvalue weighted by Gasteiger charge is 2.33. The van der Waals surface area contributed by atoms with E-state index in [4.69, 9.17) is 15.5 Å². The van der Waals surface area contributed by atoms with E-state index in [-0.39, 0.29) is 19.6 Å². The molecule has 0 spiro atoms. The lowest BCUT2D eigenvalue weighted by molar-refractivity contribution is 0.105. The first-order chi connectivity index (χ1) is 12.4. The topological polar surface area (TPSA) is 189 Å². The largest absolute Gasteiger partial charge is 0.481 e. The van der Waals surface area contributed by atoms with E-state index in [2.05, 4.69) is 18.8 Å². The minimum Gasteiger partial charge on any atom is -0.383 e. The number of rotatable bonds is 8. The molecule has 12 nitrogen and oxygen atoms in total. The number of nitrogen functional groups attached to an aromatic ring is 1. The third-order valence-electron chi connectivity index (χ3n) is 3.50. The average molecular weight is 442 g/mol. The molecule has 0 amide bonds. The molecule has 27 heavy (non-hydrogen) atoms. The lowest BCUT2D eigenvalue weighted by Crippen LogP contribution is -2.27. The van der Waals surface area contributed by atoms with Crippen molar-refractivity contribution in [2.45, 2.75) is 32.4 Å². The SMILES string of the molecule is CC1=C(CCOP(=O)(O)OP(=O)(O)O)S[C@@H](O)N1Cc1cnc(C)nc1N. The Balaban J connectivity index is 1.99. The summed E-state index contributed by atoms with van der Waals surface area (Å²) in [6.45, 7) is 3.37. The molecule has 0 saturated carbocycles. The van der Waals surface area contributed by atoms with E-state index < -0.39 is 21.2 Å². The predicted molar refractivity (Wildman–Crippen MR) is 96.5 cm³/mol. The van der Waals surface area contributed by atoms with Crippen LogP contribution in [0.5, 0.6) is 0 Å². The number of thioether (sulfide) groups is 1. The first-order valence-corrected chi connectivity index (χ1v) is 11.4. The third-order valence-corrected chi connectivity index (χ3v) is 6.94. The zero-order valence-corrected chi connectivity index (χ0v) is 17.0. The number of hydrogen-bond donors (Lipinski definition) is 5. The van der Waals surface area contributed by atoms with Crippen LogP contribution in [0.4, 0.5) is 5.82 Å². The van der Waals surface area contributed by atoms with Gasteiger partial charge >= 0.3 is 15.6 Å². The highest BCUT2D eigenvalue weighted by Crippen LogP contribution is 2.57. The van der Waals surface area contributed by atoms with Crippen molar-refractivity contribution in [1.29, 1.82) is 0 Å². The van der Waals surface area contributed by atoms with Crippen molar-refractivity contribution in [3.05, 3.63) is 28.2 Å². The van der Waals surface area contributed by atoms with Gasteiger partial charge in [-0.05, 0) is 13.8 Å². The van der Waals surface area contributed by atoms with Crippen molar-refractivity contribution >= 4 is 33.2 Å². The molecule has 0 radical (unpaired) electrons. The number of nitrogens with two attached hydrogens (primary N) is 1. The van der Waals surface area contributed by atoms with Crippen molar-refractivity contribution in [2.24, 2.45) is 0 Å². The Hall–Kier alpha value is -1.01. The second-order valence-corrected chi connectivity index (χ2v) is 9.51. The second kappa shape index (κ2) is 8.56. The van der Waals surface area contributed by atoms with Gasteiger partial charge in [0.15, 0.2) is 5.56 Å². The Morgan fingerprint density at radius 3 is 2.59 bits per heavy atom. The van der Waals surface area contributed by atoms with E-state index in [0.29, 0.717) is 27.8 Å². The van der Waals surface area contributed by atoms with Gasteiger partial charge in [0.1, 0.15) is 11.6 Å². The Bertz CT molecular complexity index is 832. The molecular formula is C12H20N4O8P2S. The van der Waals surface area contributed by atoms with Crippen LogP contribution in [0, 0.1) is 6.92 Å². The summed E-state index contributed by atoms with van der Waals surface area (Å²) in [5.74, 6) is 0.837. The summed E-state index contributed by atoms with van der Waals surface area (Å²) in [5.41, 5.74) is 6.28. The van der Waals surface area contributed by atoms with Crippen LogP contribution < -0.4 is 5.73 Å². The molecule has 152 valence electrons. The average Bonchev–Trinajstić information content (AvgIpc) is 2.74. The summed E-state index contributed by atoms with van der Waals surface area (Å²) < 4.78 is 30.3. The summed E-state index contributed by atoms with van der Waals surface area (Å²) >= 11 is 1.11. The van der Waals surface area contributed by atoms with Crippen LogP contribution >= 0.6 is 27.4 Å². The van der Waals surface area contributed by atoms with Crippen LogP contribution in [0.15, 0.2) is 16.8 Å². The second-order valence-electron chi connectivity index (χ2n) is 5.53. The fraction of sp³-hybridized carbons (Fsp3) is 0.500. The molecular weight excluding hydrogens is 422 g/mol. The van der Waals surface area contributed by atoms with Gasteiger partial charge in [0.2, 0.25) is 0 Å². The molecule has 6 N–H and O–H groups in total. The van der Waals surface area contributed by atoms with Crippen LogP contribution in [0.25, 0.3) is 0 Å². The third kappa shape index (κ3) is 6.53. The molecule has 0 bridgehead atoms. The van der Waals surface area contributed by atoms with Crippen LogP contribution in [0.3, 0.4) is 0 Å². The summed E-state index contributed by atoms with van der Waals surface area (Å²) in [5, 5.41) is 10.2. The highest BCUT2D eigenvalue weighted by molar-refractivity contribution is 8.03. The smallest absolute Gasteiger partial charge is 0.383 e. The van der Waals surface area contributed by atoms with E-state index in [1.807, 2.05) is 0 Å². The quantitative estimate of drug-likeness (QED) is 0.359. The number of anilines is 1. The van der Waals surface area contributed by atoms with Gasteiger partial charge < -0.3 is 30.4 Å². The van der Waals surface area contributed by atoms with E-state index in [0.717, 1.165) is 11.8 Å². The zero-order valence-electron chi connectivity index (χ0n) is 14.4. The van der Waals surface area contributed by atoms with Gasteiger partial charge in [-0.15, -0.1) is 0 Å². The summed E-state index contributed by atoms with van der Waals surface area (Å²) in [7, 11) is -10.1. The maximum Gasteiger partial charge on any atom is 0.481 e. The normalized spacial score (nSPS) is 20.2. The van der Waals surface area contributed by atoms with Gasteiger partial charge in [0, 0.05) is 28.8 Å². The fourth-order valence-corrected chi connectivity index (χ4v) is 4.96. The summed E-state index contributed by atoms with van der Waals surface area (Å²) in [4.78, 5) is 36.8. The predicted octanol–water partition coefficient (Wildman–Crippen LogP) is 1.04. The standard InChI is InChI=1S/C12H20N4O8P2S/c1-7-10(3-4-23-26(21,22)24-25(18,19)20)27-12(17)16(7)6-9-5-14-8(2)15-11(9)13/h5,12,17H,3-4,6H2,1-2H3,(H,21,22)(H2,13,14,15)(H2,18,19,20)/t12-/m1/s1. The number of phosphoric ester groups is 1. The molecule has 1 aliphatic rings. The fourth-order valence-electron chi connectivity index (χ4n) is 2.27. The van der Waals surface area contributed by atoms with Gasteiger partial charge in [-0.1, -0.05) is 11.8 Å². The molecule has 1 unspecified atom stereocenters. The first kappa shape index (κ1) is 22.3. The first-order valence-electron chi connectivity index (χ1n) is 7.51. The van der Waals surface area contributed by atoms with Crippen molar-refractivity contribution in [2.75, 3.05) is 12.3 Å². The van der Waals surface area contributed by atoms with Crippen LogP contribution in [-0.4, -0.2) is 46.8 Å². The minimum absolute atomic E-state index is 0.124. The van der Waals surface area contributed by atoms with Gasteiger partial charge in [-0.3, -0.25) is 4.52 Å². The minimum atomic E-state index is -5.16. The highest BCUT2D eigenvalue weighted by atomic mass is 32.2. The molecule has 1 aliphatic heterocycles. The Labute approximate surface area is 159 Å². The molecule has 2 heterocycles. The Morgan fingerprint density at radius 2 is 2.00 bits per heavy atom. The number of phosphoric acid groups is 2. The van der Waals surface area contributed by atoms with Gasteiger partial charge in [0.05, 0.1) is 13.2 Å². The molecule has 1 aromatic heterocycles. The van der Waals surface area contributed by atoms with Crippen molar-refractivity contribution in [1.82, 2.24) is 14.9 Å². The molecule has 0 saturated heterocycles. The number of aliphatic hydroxyl groups is 1. The van der Waals surface area contributed by atoms with E-state index in [1.165, 1.54) is 0 Å². The van der Waals surface area contributed by atoms with E-state index in [1.54, 1.807) is 24.9 Å². The van der Waals surface area contributed by atoms with Crippen LogP contribution in [-0.2, 0) is 24.5 Å². The molecule has 2 rings (SSSR count). The number of aryl methyl sites for hydroxylation is 1. The number of hydrogen-bond acceptors (Lipinski definition) is 10. The molecule has 0 aliphatic carbocycles. The monoisotopic (exact) mass is 442 g/mol. The summed E-state index contributed by atoms with van der Waals surface area (Å²) in [6.07, 6.45) is 1.70. The molecule has 0 aromatic carbocycles. The van der Waals surface area contributed by atoms with Crippen molar-refractivity contribution < 1.29 is 37.8 Å². The van der Waals surface area contributed by atoms with Gasteiger partial charge in [-0.25, -0.2) is 19.1 Å². The van der Waals surface area contributed by atoms with E-state index >= 15 is 0 Å². The molecule has 2 atom stereocenters. The molecule has 0 fully saturated rings. The van der Waals surface area contributed by atoms with Crippen molar-refractivity contribution in [3.8, 4) is 0 Å². The Morgan fingerprint density at radius 1 is 1.33 bits per heavy atom. The number of aliphatic hydroxyl groups excluding tert-OH is 1. The van der Waals surface area contributed by atoms with Crippen molar-refractivity contribution in [3.63, 3.8) is 0 Å². The molecule has 1 aromatic rings. The number of nitrogens with zero attached hydrogens (tertiary/aromatic N) is 3. The number of allylic oxidation sites excluding steroid dienone is 1. The van der Waals surface area contributed by atoms with Gasteiger partial charge in [0.25, 0.3) is 0 Å². The van der Waals surface area contributed by atoms with E-state index in [9.17, 15) is 19.1 Å². The molecule has 15 heteroatoms. The zero-order chi connectivity index (χ0) is 20.4. The number of aromatic nitrogens is 2. The van der Waals surface area contributed by atoms with Crippen LogP contribution in [0.1, 0.15) is 24.7 Å². The lowest BCUT2D eigenvalue weighted by Gasteiger charge is -2.24. The maximum absolute atomic E-state index is 11.4. The van der Waals surface area contributed by atoms with Gasteiger partial charge in [-0.2, -0.15) is 4.31 Å². The maximum atomic E-state index is 11.4. The Kier molecular flexibility index (Phi) is 7.06. The van der Waals surface area contributed by atoms with Crippen LogP contribution in [0.2, 0.25) is 0 Å².